The molecule has 0 amide bonds. The van der Waals surface area contributed by atoms with Crippen LogP contribution in [0.3, 0.4) is 0 Å². The van der Waals surface area contributed by atoms with Crippen molar-refractivity contribution in [2.45, 2.75) is 6.67 Å². The summed E-state index contributed by atoms with van der Waals surface area (Å²) in [5, 5.41) is 3.72. The van der Waals surface area contributed by atoms with Crippen LogP contribution in [0.25, 0.3) is 10.9 Å². The minimum absolute atomic E-state index is 0.124. The Bertz CT molecular complexity index is 953. The fourth-order valence-corrected chi connectivity index (χ4v) is 2.50. The van der Waals surface area contributed by atoms with Gasteiger partial charge in [-0.1, -0.05) is 0 Å². The Labute approximate surface area is 144 Å². The molecule has 7 heteroatoms. The van der Waals surface area contributed by atoms with Gasteiger partial charge >= 0.3 is 0 Å². The first-order valence-corrected chi connectivity index (χ1v) is 7.65. The van der Waals surface area contributed by atoms with Crippen molar-refractivity contribution in [2.75, 3.05) is 26.6 Å². The first-order chi connectivity index (χ1) is 12.2. The van der Waals surface area contributed by atoms with Crippen molar-refractivity contribution in [2.24, 2.45) is 0 Å². The molecule has 7 nitrogen and oxygen atoms in total. The highest BCUT2D eigenvalue weighted by molar-refractivity contribution is 5.78. The van der Waals surface area contributed by atoms with Crippen LogP contribution < -0.4 is 25.1 Å². The second kappa shape index (κ2) is 7.12. The number of benzene rings is 2. The van der Waals surface area contributed by atoms with Crippen LogP contribution in [0.5, 0.6) is 17.2 Å². The van der Waals surface area contributed by atoms with E-state index in [0.29, 0.717) is 28.2 Å². The molecule has 130 valence electrons. The van der Waals surface area contributed by atoms with Gasteiger partial charge in [0.1, 0.15) is 5.75 Å². The number of anilines is 1. The van der Waals surface area contributed by atoms with E-state index in [9.17, 15) is 4.79 Å². The largest absolute Gasteiger partial charge is 0.497 e. The lowest BCUT2D eigenvalue weighted by Crippen LogP contribution is -2.24. The number of rotatable bonds is 6. The molecule has 0 aliphatic heterocycles. The first kappa shape index (κ1) is 16.6. The molecule has 3 rings (SSSR count). The smallest absolute Gasteiger partial charge is 0.262 e. The van der Waals surface area contributed by atoms with Crippen molar-refractivity contribution in [3.05, 3.63) is 53.1 Å². The molecule has 0 unspecified atom stereocenters. The molecule has 2 aromatic carbocycles. The predicted octanol–water partition coefficient (Wildman–Crippen LogP) is 2.49. The summed E-state index contributed by atoms with van der Waals surface area (Å²) in [6, 6.07) is 10.7. The highest BCUT2D eigenvalue weighted by Crippen LogP contribution is 2.29. The van der Waals surface area contributed by atoms with E-state index in [-0.39, 0.29) is 12.2 Å². The Hall–Kier alpha value is -3.22. The number of aromatic nitrogens is 2. The van der Waals surface area contributed by atoms with Gasteiger partial charge in [0.25, 0.3) is 5.56 Å². The third-order valence-electron chi connectivity index (χ3n) is 3.87. The van der Waals surface area contributed by atoms with Gasteiger partial charge in [-0.05, 0) is 24.3 Å². The standard InChI is InChI=1S/C18H19N3O4/c1-23-13-5-6-14-15(9-13)20-11-21(18(14)22)10-19-12-4-7-16(24-2)17(8-12)25-3/h4-9,11,19H,10H2,1-3H3. The molecule has 1 N–H and O–H groups in total. The van der Waals surface area contributed by atoms with Gasteiger partial charge < -0.3 is 19.5 Å². The molecular weight excluding hydrogens is 322 g/mol. The van der Waals surface area contributed by atoms with Crippen molar-refractivity contribution in [3.63, 3.8) is 0 Å². The van der Waals surface area contributed by atoms with Gasteiger partial charge in [-0.25, -0.2) is 4.98 Å². The van der Waals surface area contributed by atoms with E-state index in [2.05, 4.69) is 10.3 Å². The third-order valence-corrected chi connectivity index (χ3v) is 3.87. The highest BCUT2D eigenvalue weighted by Gasteiger charge is 2.07. The van der Waals surface area contributed by atoms with E-state index in [1.54, 1.807) is 45.6 Å². The lowest BCUT2D eigenvalue weighted by Gasteiger charge is -2.12. The Morgan fingerprint density at radius 2 is 1.80 bits per heavy atom. The minimum Gasteiger partial charge on any atom is -0.497 e. The summed E-state index contributed by atoms with van der Waals surface area (Å²) >= 11 is 0. The van der Waals surface area contributed by atoms with Crippen molar-refractivity contribution in [1.82, 2.24) is 9.55 Å². The molecule has 0 saturated heterocycles. The van der Waals surface area contributed by atoms with Crippen LogP contribution in [-0.2, 0) is 6.67 Å². The average molecular weight is 341 g/mol. The molecule has 0 atom stereocenters. The predicted molar refractivity (Wildman–Crippen MR) is 95.7 cm³/mol. The summed E-state index contributed by atoms with van der Waals surface area (Å²) in [7, 11) is 4.74. The van der Waals surface area contributed by atoms with Crippen LogP contribution in [-0.4, -0.2) is 30.9 Å². The molecule has 0 bridgehead atoms. The van der Waals surface area contributed by atoms with Crippen molar-refractivity contribution >= 4 is 16.6 Å². The molecule has 0 aliphatic carbocycles. The number of nitrogens with zero attached hydrogens (tertiary/aromatic N) is 2. The fourth-order valence-electron chi connectivity index (χ4n) is 2.50. The molecule has 1 aromatic heterocycles. The van der Waals surface area contributed by atoms with Crippen molar-refractivity contribution in [3.8, 4) is 17.2 Å². The van der Waals surface area contributed by atoms with E-state index >= 15 is 0 Å². The zero-order valence-corrected chi connectivity index (χ0v) is 14.3. The number of hydrogen-bond acceptors (Lipinski definition) is 6. The number of nitrogens with one attached hydrogen (secondary N) is 1. The average Bonchev–Trinajstić information content (AvgIpc) is 2.66. The van der Waals surface area contributed by atoms with Crippen LogP contribution in [0.1, 0.15) is 0 Å². The lowest BCUT2D eigenvalue weighted by atomic mass is 10.2. The second-order valence-corrected chi connectivity index (χ2v) is 5.31. The third kappa shape index (κ3) is 3.35. The fraction of sp³-hybridized carbons (Fsp3) is 0.222. The summed E-state index contributed by atoms with van der Waals surface area (Å²) in [6.45, 7) is 0.281. The van der Waals surface area contributed by atoms with Gasteiger partial charge in [0.15, 0.2) is 11.5 Å². The maximum Gasteiger partial charge on any atom is 0.262 e. The first-order valence-electron chi connectivity index (χ1n) is 7.65. The number of methoxy groups -OCH3 is 3. The molecule has 0 saturated carbocycles. The number of ether oxygens (including phenoxy) is 3. The van der Waals surface area contributed by atoms with E-state index in [1.165, 1.54) is 10.9 Å². The van der Waals surface area contributed by atoms with Crippen molar-refractivity contribution < 1.29 is 14.2 Å². The Morgan fingerprint density at radius 3 is 2.52 bits per heavy atom. The van der Waals surface area contributed by atoms with E-state index in [1.807, 2.05) is 12.1 Å². The van der Waals surface area contributed by atoms with E-state index in [0.717, 1.165) is 5.69 Å². The summed E-state index contributed by atoms with van der Waals surface area (Å²) in [6.07, 6.45) is 1.51. The summed E-state index contributed by atoms with van der Waals surface area (Å²) in [5.74, 6) is 1.93. The van der Waals surface area contributed by atoms with E-state index < -0.39 is 0 Å². The maximum atomic E-state index is 12.6. The van der Waals surface area contributed by atoms with Gasteiger partial charge in [0, 0.05) is 17.8 Å². The zero-order chi connectivity index (χ0) is 17.8. The van der Waals surface area contributed by atoms with Crippen LogP contribution in [0.15, 0.2) is 47.5 Å². The normalized spacial score (nSPS) is 10.5. The Balaban J connectivity index is 1.84. The Morgan fingerprint density at radius 1 is 1.00 bits per heavy atom. The summed E-state index contributed by atoms with van der Waals surface area (Å²) in [4.78, 5) is 16.9. The number of fused-ring (bicyclic) bond motifs is 1. The van der Waals surface area contributed by atoms with Gasteiger partial charge in [-0.2, -0.15) is 0 Å². The van der Waals surface area contributed by atoms with E-state index in [4.69, 9.17) is 14.2 Å². The minimum atomic E-state index is -0.124. The highest BCUT2D eigenvalue weighted by atomic mass is 16.5. The maximum absolute atomic E-state index is 12.6. The van der Waals surface area contributed by atoms with Crippen LogP contribution in [0, 0.1) is 0 Å². The molecular formula is C18H19N3O4. The molecule has 3 aromatic rings. The Kier molecular flexibility index (Phi) is 4.74. The zero-order valence-electron chi connectivity index (χ0n) is 14.3. The lowest BCUT2D eigenvalue weighted by molar-refractivity contribution is 0.355. The van der Waals surface area contributed by atoms with Crippen LogP contribution in [0.2, 0.25) is 0 Å². The SMILES string of the molecule is COc1ccc2c(=O)n(CNc3ccc(OC)c(OC)c3)cnc2c1. The van der Waals surface area contributed by atoms with Gasteiger partial charge in [-0.15, -0.1) is 0 Å². The van der Waals surface area contributed by atoms with Gasteiger partial charge in [0.2, 0.25) is 0 Å². The molecule has 25 heavy (non-hydrogen) atoms. The second-order valence-electron chi connectivity index (χ2n) is 5.31. The topological polar surface area (TPSA) is 74.6 Å². The monoisotopic (exact) mass is 341 g/mol. The van der Waals surface area contributed by atoms with Crippen LogP contribution in [0.4, 0.5) is 5.69 Å². The quantitative estimate of drug-likeness (QED) is 0.742. The molecule has 0 radical (unpaired) electrons. The van der Waals surface area contributed by atoms with Crippen molar-refractivity contribution in [1.29, 1.82) is 0 Å². The van der Waals surface area contributed by atoms with Gasteiger partial charge in [0.05, 0.1) is 45.2 Å². The molecule has 0 fully saturated rings. The molecule has 0 aliphatic rings. The van der Waals surface area contributed by atoms with Gasteiger partial charge in [-0.3, -0.25) is 9.36 Å². The van der Waals surface area contributed by atoms with Crippen LogP contribution >= 0.6 is 0 Å². The number of hydrogen-bond donors (Lipinski definition) is 1. The summed E-state index contributed by atoms with van der Waals surface area (Å²) < 4.78 is 17.1. The molecule has 0 spiro atoms. The summed E-state index contributed by atoms with van der Waals surface area (Å²) in [5.41, 5.74) is 1.28. The molecule has 1 heterocycles.